The molecule has 1 aromatic carbocycles. The second-order valence-electron chi connectivity index (χ2n) is 4.71. The van der Waals surface area contributed by atoms with E-state index in [0.29, 0.717) is 6.54 Å². The van der Waals surface area contributed by atoms with Crippen LogP contribution in [0.3, 0.4) is 0 Å². The molecule has 1 heterocycles. The fourth-order valence-corrected chi connectivity index (χ4v) is 1.98. The van der Waals surface area contributed by atoms with Crippen molar-refractivity contribution >= 4 is 11.8 Å². The van der Waals surface area contributed by atoms with E-state index in [-0.39, 0.29) is 13.1 Å². The number of aliphatic hydroxyl groups is 1. The smallest absolute Gasteiger partial charge is 0.312 e. The fraction of sp³-hybridized carbons (Fsp3) is 0.429. The molecule has 0 atom stereocenters. The van der Waals surface area contributed by atoms with Gasteiger partial charge in [0.2, 0.25) is 0 Å². The number of β-amino-alcohol motifs (C(OH)–C–C–N with tert-alkyl or cyclic N) is 1. The highest BCUT2D eigenvalue weighted by molar-refractivity contribution is 6.35. The predicted molar refractivity (Wildman–Crippen MR) is 70.4 cm³/mol. The minimum atomic E-state index is -0.583. The molecule has 1 saturated heterocycles. The van der Waals surface area contributed by atoms with Crippen LogP contribution in [0.25, 0.3) is 0 Å². The number of rotatable bonds is 4. The minimum absolute atomic E-state index is 0.260. The van der Waals surface area contributed by atoms with Gasteiger partial charge < -0.3 is 15.3 Å². The monoisotopic (exact) mass is 262 g/mol. The van der Waals surface area contributed by atoms with Crippen molar-refractivity contribution < 1.29 is 14.7 Å². The van der Waals surface area contributed by atoms with Gasteiger partial charge in [-0.1, -0.05) is 30.3 Å². The first kappa shape index (κ1) is 13.5. The maximum absolute atomic E-state index is 11.5. The third kappa shape index (κ3) is 3.79. The molecule has 5 nitrogen and oxygen atoms in total. The first-order valence-corrected chi connectivity index (χ1v) is 6.46. The van der Waals surface area contributed by atoms with E-state index in [1.165, 1.54) is 10.5 Å². The Labute approximate surface area is 112 Å². The molecule has 0 aromatic heterocycles. The predicted octanol–water partition coefficient (Wildman–Crippen LogP) is -0.0615. The fourth-order valence-electron chi connectivity index (χ4n) is 1.98. The zero-order valence-electron chi connectivity index (χ0n) is 10.7. The Morgan fingerprint density at radius 1 is 1.26 bits per heavy atom. The second-order valence-corrected chi connectivity index (χ2v) is 4.71. The Kier molecular flexibility index (Phi) is 4.52. The van der Waals surface area contributed by atoms with Crippen LogP contribution in [0.2, 0.25) is 0 Å². The van der Waals surface area contributed by atoms with Gasteiger partial charge in [0.15, 0.2) is 0 Å². The van der Waals surface area contributed by atoms with Gasteiger partial charge in [0.05, 0.1) is 6.10 Å². The molecule has 0 saturated carbocycles. The summed E-state index contributed by atoms with van der Waals surface area (Å²) in [5.41, 5.74) is 1.22. The van der Waals surface area contributed by atoms with Crippen molar-refractivity contribution in [3.05, 3.63) is 35.9 Å². The number of hydrogen-bond acceptors (Lipinski definition) is 3. The van der Waals surface area contributed by atoms with Gasteiger partial charge in [0.1, 0.15) is 0 Å². The number of carbonyl (C=O) groups is 2. The lowest BCUT2D eigenvalue weighted by Gasteiger charge is -2.35. The second kappa shape index (κ2) is 6.33. The molecule has 2 N–H and O–H groups in total. The maximum atomic E-state index is 11.5. The van der Waals surface area contributed by atoms with Crippen LogP contribution in [0, 0.1) is 0 Å². The quantitative estimate of drug-likeness (QED) is 0.590. The first-order valence-electron chi connectivity index (χ1n) is 6.46. The van der Waals surface area contributed by atoms with Crippen LogP contribution in [0.1, 0.15) is 12.0 Å². The number of nitrogens with zero attached hydrogens (tertiary/aromatic N) is 1. The summed E-state index contributed by atoms with van der Waals surface area (Å²) >= 11 is 0. The Balaban J connectivity index is 1.63. The number of amides is 2. The van der Waals surface area contributed by atoms with Crippen LogP contribution in [0.5, 0.6) is 0 Å². The van der Waals surface area contributed by atoms with Gasteiger partial charge >= 0.3 is 11.8 Å². The van der Waals surface area contributed by atoms with Gasteiger partial charge in [-0.3, -0.25) is 9.59 Å². The van der Waals surface area contributed by atoms with E-state index in [9.17, 15) is 9.59 Å². The summed E-state index contributed by atoms with van der Waals surface area (Å²) in [4.78, 5) is 24.4. The van der Waals surface area contributed by atoms with E-state index in [1.54, 1.807) is 0 Å². The zero-order chi connectivity index (χ0) is 13.7. The molecule has 0 spiro atoms. The number of hydrogen-bond donors (Lipinski definition) is 2. The van der Waals surface area contributed by atoms with Gasteiger partial charge in [-0.25, -0.2) is 0 Å². The van der Waals surface area contributed by atoms with Crippen molar-refractivity contribution in [3.8, 4) is 0 Å². The van der Waals surface area contributed by atoms with Crippen molar-refractivity contribution in [1.29, 1.82) is 0 Å². The van der Waals surface area contributed by atoms with E-state index in [4.69, 9.17) is 5.11 Å². The van der Waals surface area contributed by atoms with E-state index in [1.807, 2.05) is 30.3 Å². The number of nitrogens with one attached hydrogen (secondary N) is 1. The molecular weight excluding hydrogens is 244 g/mol. The van der Waals surface area contributed by atoms with E-state index in [0.717, 1.165) is 12.8 Å². The van der Waals surface area contributed by atoms with Gasteiger partial charge in [-0.05, 0) is 18.4 Å². The highest BCUT2D eigenvalue weighted by Gasteiger charge is 2.32. The molecule has 1 aliphatic rings. The lowest BCUT2D eigenvalue weighted by Crippen LogP contribution is -2.57. The SMILES string of the molecule is O=C(NCCCc1ccccc1)C(=O)N1CC(O)C1. The Bertz CT molecular complexity index is 441. The maximum Gasteiger partial charge on any atom is 0.312 e. The van der Waals surface area contributed by atoms with E-state index in [2.05, 4.69) is 5.32 Å². The summed E-state index contributed by atoms with van der Waals surface area (Å²) in [6.45, 7) is 1.00. The third-order valence-corrected chi connectivity index (χ3v) is 3.11. The van der Waals surface area contributed by atoms with E-state index >= 15 is 0 Å². The van der Waals surface area contributed by atoms with Gasteiger partial charge in [0.25, 0.3) is 0 Å². The van der Waals surface area contributed by atoms with Crippen molar-refractivity contribution in [2.24, 2.45) is 0 Å². The normalized spacial score (nSPS) is 14.9. The summed E-state index contributed by atoms with van der Waals surface area (Å²) < 4.78 is 0. The van der Waals surface area contributed by atoms with Crippen molar-refractivity contribution in [2.45, 2.75) is 18.9 Å². The number of aliphatic hydroxyl groups excluding tert-OH is 1. The molecular formula is C14H18N2O3. The van der Waals surface area contributed by atoms with Crippen LogP contribution >= 0.6 is 0 Å². The molecule has 5 heteroatoms. The third-order valence-electron chi connectivity index (χ3n) is 3.11. The molecule has 19 heavy (non-hydrogen) atoms. The molecule has 2 rings (SSSR count). The summed E-state index contributed by atoms with van der Waals surface area (Å²) in [5, 5.41) is 11.7. The van der Waals surface area contributed by atoms with Crippen molar-refractivity contribution in [2.75, 3.05) is 19.6 Å². The highest BCUT2D eigenvalue weighted by Crippen LogP contribution is 2.07. The number of benzene rings is 1. The van der Waals surface area contributed by atoms with Crippen LogP contribution in [-0.4, -0.2) is 47.6 Å². The van der Waals surface area contributed by atoms with Crippen LogP contribution < -0.4 is 5.32 Å². The zero-order valence-corrected chi connectivity index (χ0v) is 10.7. The standard InChI is InChI=1S/C14H18N2O3/c17-12-9-16(10-12)14(19)13(18)15-8-4-7-11-5-2-1-3-6-11/h1-3,5-6,12,17H,4,7-10H2,(H,15,18). The van der Waals surface area contributed by atoms with Gasteiger partial charge in [-0.15, -0.1) is 0 Å². The molecule has 0 radical (unpaired) electrons. The van der Waals surface area contributed by atoms with Crippen LogP contribution in [0.4, 0.5) is 0 Å². The van der Waals surface area contributed by atoms with Crippen molar-refractivity contribution in [1.82, 2.24) is 10.2 Å². The molecule has 1 aliphatic heterocycles. The average Bonchev–Trinajstić information content (AvgIpc) is 2.40. The average molecular weight is 262 g/mol. The van der Waals surface area contributed by atoms with Gasteiger partial charge in [0, 0.05) is 19.6 Å². The Morgan fingerprint density at radius 2 is 1.95 bits per heavy atom. The summed E-state index contributed by atoms with van der Waals surface area (Å²) in [6, 6.07) is 9.99. The van der Waals surface area contributed by atoms with Crippen LogP contribution in [-0.2, 0) is 16.0 Å². The van der Waals surface area contributed by atoms with E-state index < -0.39 is 17.9 Å². The minimum Gasteiger partial charge on any atom is -0.389 e. The first-order chi connectivity index (χ1) is 9.16. The summed E-state index contributed by atoms with van der Waals surface area (Å²) in [7, 11) is 0. The largest absolute Gasteiger partial charge is 0.389 e. The number of likely N-dealkylation sites (tertiary alicyclic amines) is 1. The Morgan fingerprint density at radius 3 is 2.58 bits per heavy atom. The molecule has 102 valence electrons. The topological polar surface area (TPSA) is 69.6 Å². The van der Waals surface area contributed by atoms with Crippen molar-refractivity contribution in [3.63, 3.8) is 0 Å². The lowest BCUT2D eigenvalue weighted by atomic mass is 10.1. The highest BCUT2D eigenvalue weighted by atomic mass is 16.3. The molecule has 0 bridgehead atoms. The van der Waals surface area contributed by atoms with Gasteiger partial charge in [-0.2, -0.15) is 0 Å². The lowest BCUT2D eigenvalue weighted by molar-refractivity contribution is -0.152. The molecule has 2 amide bonds. The number of carbonyl (C=O) groups excluding carboxylic acids is 2. The molecule has 1 fully saturated rings. The molecule has 1 aromatic rings. The Hall–Kier alpha value is -1.88. The summed E-state index contributed by atoms with van der Waals surface area (Å²) in [6.07, 6.45) is 1.19. The molecule has 0 unspecified atom stereocenters. The molecule has 0 aliphatic carbocycles. The summed E-state index contributed by atoms with van der Waals surface area (Å²) in [5.74, 6) is -1.13. The van der Waals surface area contributed by atoms with Crippen LogP contribution in [0.15, 0.2) is 30.3 Å². The number of aryl methyl sites for hydroxylation is 1.